The molecule has 2 rings (SSSR count). The first-order chi connectivity index (χ1) is 9.09. The maximum absolute atomic E-state index is 14.0. The third kappa shape index (κ3) is 3.30. The van der Waals surface area contributed by atoms with Crippen LogP contribution in [0.15, 0.2) is 24.3 Å². The highest BCUT2D eigenvalue weighted by atomic mass is 19.1. The van der Waals surface area contributed by atoms with E-state index in [4.69, 9.17) is 5.73 Å². The van der Waals surface area contributed by atoms with Gasteiger partial charge in [0.25, 0.3) is 0 Å². The van der Waals surface area contributed by atoms with E-state index >= 15 is 0 Å². The van der Waals surface area contributed by atoms with Crippen LogP contribution in [0.25, 0.3) is 0 Å². The molecular weight excluding hydrogens is 245 g/mol. The molecule has 2 atom stereocenters. The first kappa shape index (κ1) is 14.0. The highest BCUT2D eigenvalue weighted by molar-refractivity contribution is 5.78. The van der Waals surface area contributed by atoms with Crippen molar-refractivity contribution in [3.63, 3.8) is 0 Å². The van der Waals surface area contributed by atoms with E-state index in [-0.39, 0.29) is 30.4 Å². The molecule has 0 saturated carbocycles. The fourth-order valence-corrected chi connectivity index (χ4v) is 2.59. The number of nitrogens with two attached hydrogens (primary N) is 1. The molecule has 1 saturated heterocycles. The van der Waals surface area contributed by atoms with Crippen LogP contribution in [0.5, 0.6) is 0 Å². The number of benzene rings is 1. The van der Waals surface area contributed by atoms with E-state index in [0.717, 1.165) is 13.0 Å². The van der Waals surface area contributed by atoms with Gasteiger partial charge >= 0.3 is 0 Å². The second-order valence-electron chi connectivity index (χ2n) is 5.00. The number of carbonyl (C=O) groups is 1. The third-order valence-corrected chi connectivity index (χ3v) is 3.41. The van der Waals surface area contributed by atoms with E-state index in [9.17, 15) is 9.18 Å². The van der Waals surface area contributed by atoms with Crippen LogP contribution in [0, 0.1) is 5.82 Å². The van der Waals surface area contributed by atoms with E-state index in [1.807, 2.05) is 11.8 Å². The van der Waals surface area contributed by atoms with Crippen LogP contribution in [0.2, 0.25) is 0 Å². The number of carbonyl (C=O) groups excluding carboxylic acids is 1. The molecule has 1 aromatic rings. The summed E-state index contributed by atoms with van der Waals surface area (Å²) in [5.74, 6) is -0.297. The maximum atomic E-state index is 14.0. The molecule has 0 aliphatic carbocycles. The Morgan fingerprint density at radius 2 is 2.16 bits per heavy atom. The van der Waals surface area contributed by atoms with E-state index in [0.29, 0.717) is 12.1 Å². The van der Waals surface area contributed by atoms with E-state index in [1.165, 1.54) is 6.07 Å². The van der Waals surface area contributed by atoms with Crippen molar-refractivity contribution in [2.24, 2.45) is 5.73 Å². The minimum absolute atomic E-state index is 0.0283. The highest BCUT2D eigenvalue weighted by Gasteiger charge is 2.28. The standard InChI is InChI=1S/C14H20FN3O/c1-10(16)14(11-5-2-3-6-12(11)15)18-8-4-7-17-13(19)9-18/h2-3,5-6,10,14H,4,7-9,16H2,1H3,(H,17,19). The van der Waals surface area contributed by atoms with Crippen molar-refractivity contribution in [3.05, 3.63) is 35.6 Å². The summed E-state index contributed by atoms with van der Waals surface area (Å²) in [4.78, 5) is 13.6. The largest absolute Gasteiger partial charge is 0.355 e. The first-order valence-corrected chi connectivity index (χ1v) is 6.60. The predicted molar refractivity (Wildman–Crippen MR) is 72.0 cm³/mol. The number of hydrogen-bond acceptors (Lipinski definition) is 3. The number of rotatable bonds is 3. The van der Waals surface area contributed by atoms with Gasteiger partial charge in [0.15, 0.2) is 0 Å². The summed E-state index contributed by atoms with van der Waals surface area (Å²) in [6, 6.07) is 6.11. The Morgan fingerprint density at radius 3 is 2.84 bits per heavy atom. The Balaban J connectivity index is 2.29. The van der Waals surface area contributed by atoms with Crippen molar-refractivity contribution in [2.75, 3.05) is 19.6 Å². The Morgan fingerprint density at radius 1 is 1.42 bits per heavy atom. The van der Waals surface area contributed by atoms with Crippen LogP contribution >= 0.6 is 0 Å². The molecular formula is C14H20FN3O. The Bertz CT molecular complexity index is 450. The fourth-order valence-electron chi connectivity index (χ4n) is 2.59. The Kier molecular flexibility index (Phi) is 4.50. The molecule has 2 unspecified atom stereocenters. The lowest BCUT2D eigenvalue weighted by molar-refractivity contribution is -0.122. The SMILES string of the molecule is CC(N)C(c1ccccc1F)N1CCCNC(=O)C1. The van der Waals surface area contributed by atoms with Crippen LogP contribution in [-0.2, 0) is 4.79 Å². The molecule has 5 heteroatoms. The number of nitrogens with one attached hydrogen (secondary N) is 1. The van der Waals surface area contributed by atoms with Crippen molar-refractivity contribution in [2.45, 2.75) is 25.4 Å². The summed E-state index contributed by atoms with van der Waals surface area (Å²) in [6.45, 7) is 3.51. The van der Waals surface area contributed by atoms with E-state index in [1.54, 1.807) is 18.2 Å². The van der Waals surface area contributed by atoms with Gasteiger partial charge in [-0.1, -0.05) is 18.2 Å². The number of amides is 1. The molecule has 0 bridgehead atoms. The summed E-state index contributed by atoms with van der Waals surface area (Å²) in [7, 11) is 0. The third-order valence-electron chi connectivity index (χ3n) is 3.41. The zero-order valence-electron chi connectivity index (χ0n) is 11.1. The lowest BCUT2D eigenvalue weighted by atomic mass is 9.98. The van der Waals surface area contributed by atoms with Gasteiger partial charge in [-0.2, -0.15) is 0 Å². The van der Waals surface area contributed by atoms with Crippen molar-refractivity contribution in [3.8, 4) is 0 Å². The van der Waals surface area contributed by atoms with Crippen molar-refractivity contribution >= 4 is 5.91 Å². The smallest absolute Gasteiger partial charge is 0.234 e. The van der Waals surface area contributed by atoms with Crippen molar-refractivity contribution < 1.29 is 9.18 Å². The molecule has 1 fully saturated rings. The second kappa shape index (κ2) is 6.12. The molecule has 1 aromatic carbocycles. The zero-order valence-corrected chi connectivity index (χ0v) is 11.1. The Hall–Kier alpha value is -1.46. The lowest BCUT2D eigenvalue weighted by Crippen LogP contribution is -2.43. The predicted octanol–water partition coefficient (Wildman–Crippen LogP) is 1.04. The monoisotopic (exact) mass is 265 g/mol. The molecule has 1 amide bonds. The highest BCUT2D eigenvalue weighted by Crippen LogP contribution is 2.26. The average molecular weight is 265 g/mol. The van der Waals surface area contributed by atoms with Crippen LogP contribution in [-0.4, -0.2) is 36.5 Å². The van der Waals surface area contributed by atoms with Gasteiger partial charge in [-0.15, -0.1) is 0 Å². The summed E-state index contributed by atoms with van der Waals surface area (Å²) in [5.41, 5.74) is 6.59. The van der Waals surface area contributed by atoms with Crippen LogP contribution in [0.3, 0.4) is 0 Å². The van der Waals surface area contributed by atoms with Gasteiger partial charge in [0.05, 0.1) is 12.6 Å². The second-order valence-corrected chi connectivity index (χ2v) is 5.00. The molecule has 3 N–H and O–H groups in total. The average Bonchev–Trinajstić information content (AvgIpc) is 2.56. The van der Waals surface area contributed by atoms with Crippen LogP contribution in [0.4, 0.5) is 4.39 Å². The van der Waals surface area contributed by atoms with Crippen LogP contribution in [0.1, 0.15) is 24.9 Å². The molecule has 1 heterocycles. The van der Waals surface area contributed by atoms with E-state index < -0.39 is 0 Å². The van der Waals surface area contributed by atoms with Crippen molar-refractivity contribution in [1.29, 1.82) is 0 Å². The van der Waals surface area contributed by atoms with E-state index in [2.05, 4.69) is 5.32 Å². The molecule has 19 heavy (non-hydrogen) atoms. The van der Waals surface area contributed by atoms with Gasteiger partial charge in [0.2, 0.25) is 5.91 Å². The molecule has 1 aliphatic rings. The minimum Gasteiger partial charge on any atom is -0.355 e. The molecule has 0 radical (unpaired) electrons. The molecule has 0 aromatic heterocycles. The molecule has 4 nitrogen and oxygen atoms in total. The maximum Gasteiger partial charge on any atom is 0.234 e. The van der Waals surface area contributed by atoms with Gasteiger partial charge in [-0.05, 0) is 19.4 Å². The number of halogens is 1. The number of hydrogen-bond donors (Lipinski definition) is 2. The topological polar surface area (TPSA) is 58.4 Å². The van der Waals surface area contributed by atoms with Gasteiger partial charge in [0, 0.05) is 24.7 Å². The van der Waals surface area contributed by atoms with Crippen LogP contribution < -0.4 is 11.1 Å². The molecule has 0 spiro atoms. The Labute approximate surface area is 112 Å². The normalized spacial score (nSPS) is 20.5. The van der Waals surface area contributed by atoms with Gasteiger partial charge in [-0.3, -0.25) is 9.69 Å². The summed E-state index contributed by atoms with van der Waals surface area (Å²) >= 11 is 0. The number of nitrogens with zero attached hydrogens (tertiary/aromatic N) is 1. The minimum atomic E-state index is -0.273. The quantitative estimate of drug-likeness (QED) is 0.858. The van der Waals surface area contributed by atoms with Gasteiger partial charge in [0.1, 0.15) is 5.82 Å². The van der Waals surface area contributed by atoms with Gasteiger partial charge < -0.3 is 11.1 Å². The summed E-state index contributed by atoms with van der Waals surface area (Å²) in [6.07, 6.45) is 0.851. The van der Waals surface area contributed by atoms with Crippen molar-refractivity contribution in [1.82, 2.24) is 10.2 Å². The zero-order chi connectivity index (χ0) is 13.8. The lowest BCUT2D eigenvalue weighted by Gasteiger charge is -2.33. The van der Waals surface area contributed by atoms with Gasteiger partial charge in [-0.25, -0.2) is 4.39 Å². The first-order valence-electron chi connectivity index (χ1n) is 6.60. The summed E-state index contributed by atoms with van der Waals surface area (Å²) in [5, 5.41) is 2.82. The fraction of sp³-hybridized carbons (Fsp3) is 0.500. The molecule has 104 valence electrons. The summed E-state index contributed by atoms with van der Waals surface area (Å²) < 4.78 is 14.0. The molecule has 1 aliphatic heterocycles.